The zero-order valence-corrected chi connectivity index (χ0v) is 19.1. The highest BCUT2D eigenvalue weighted by Crippen LogP contribution is 2.18. The maximum absolute atomic E-state index is 12.6. The Morgan fingerprint density at radius 1 is 0.879 bits per heavy atom. The Bertz CT molecular complexity index is 1240. The maximum atomic E-state index is 12.6. The first-order valence-electron chi connectivity index (χ1n) is 10.2. The lowest BCUT2D eigenvalue weighted by atomic mass is 10.1. The number of carbonyl (C=O) groups is 2. The summed E-state index contributed by atoms with van der Waals surface area (Å²) in [7, 11) is -3.83. The molecule has 0 heterocycles. The van der Waals surface area contributed by atoms with Crippen molar-refractivity contribution in [2.75, 3.05) is 6.61 Å². The van der Waals surface area contributed by atoms with Crippen molar-refractivity contribution in [1.82, 2.24) is 15.6 Å². The third-order valence-electron chi connectivity index (χ3n) is 4.73. The van der Waals surface area contributed by atoms with Gasteiger partial charge < -0.3 is 4.74 Å². The van der Waals surface area contributed by atoms with Crippen LogP contribution in [0.4, 0.5) is 0 Å². The van der Waals surface area contributed by atoms with Gasteiger partial charge in [-0.3, -0.25) is 20.4 Å². The SMILES string of the molecule is Cc1ccc(C)c(OCC(=O)NNC(=O)c2cccc(S(=O)(=O)NCc3ccccc3)c2)c1. The average Bonchev–Trinajstić information content (AvgIpc) is 2.82. The molecule has 8 nitrogen and oxygen atoms in total. The molecule has 0 radical (unpaired) electrons. The van der Waals surface area contributed by atoms with Crippen molar-refractivity contribution < 1.29 is 22.7 Å². The second kappa shape index (κ2) is 10.8. The van der Waals surface area contributed by atoms with Crippen LogP contribution in [0.25, 0.3) is 0 Å². The van der Waals surface area contributed by atoms with Crippen molar-refractivity contribution >= 4 is 21.8 Å². The molecule has 0 atom stereocenters. The first-order chi connectivity index (χ1) is 15.7. The van der Waals surface area contributed by atoms with E-state index in [1.54, 1.807) is 12.1 Å². The molecule has 0 spiro atoms. The molecule has 0 fully saturated rings. The molecular formula is C24H25N3O5S. The molecule has 0 aromatic heterocycles. The van der Waals surface area contributed by atoms with E-state index in [2.05, 4.69) is 15.6 Å². The van der Waals surface area contributed by atoms with Gasteiger partial charge in [0.25, 0.3) is 11.8 Å². The number of nitrogens with one attached hydrogen (secondary N) is 3. The molecule has 0 aliphatic rings. The summed E-state index contributed by atoms with van der Waals surface area (Å²) < 4.78 is 33.2. The van der Waals surface area contributed by atoms with Crippen LogP contribution in [0.3, 0.4) is 0 Å². The van der Waals surface area contributed by atoms with Gasteiger partial charge in [0, 0.05) is 12.1 Å². The lowest BCUT2D eigenvalue weighted by Gasteiger charge is -2.12. The number of benzene rings is 3. The summed E-state index contributed by atoms with van der Waals surface area (Å²) in [6.07, 6.45) is 0. The first kappa shape index (κ1) is 24.0. The summed E-state index contributed by atoms with van der Waals surface area (Å²) in [6, 6.07) is 20.3. The molecule has 0 aliphatic heterocycles. The third kappa shape index (κ3) is 6.90. The van der Waals surface area contributed by atoms with Gasteiger partial charge >= 0.3 is 0 Å². The number of aryl methyl sites for hydroxylation is 2. The predicted molar refractivity (Wildman–Crippen MR) is 124 cm³/mol. The summed E-state index contributed by atoms with van der Waals surface area (Å²) in [4.78, 5) is 24.4. The predicted octanol–water partition coefficient (Wildman–Crippen LogP) is 2.62. The fourth-order valence-electron chi connectivity index (χ4n) is 2.90. The lowest BCUT2D eigenvalue weighted by Crippen LogP contribution is -2.43. The molecule has 3 aromatic rings. The van der Waals surface area contributed by atoms with Crippen LogP contribution in [0, 0.1) is 13.8 Å². The van der Waals surface area contributed by atoms with E-state index in [4.69, 9.17) is 4.74 Å². The molecular weight excluding hydrogens is 442 g/mol. The van der Waals surface area contributed by atoms with Gasteiger partial charge in [0.05, 0.1) is 4.90 Å². The number of hydrogen-bond donors (Lipinski definition) is 3. The number of hydrogen-bond acceptors (Lipinski definition) is 5. The summed E-state index contributed by atoms with van der Waals surface area (Å²) in [6.45, 7) is 3.61. The molecule has 3 aromatic carbocycles. The number of carbonyl (C=O) groups excluding carboxylic acids is 2. The number of hydrazine groups is 1. The van der Waals surface area contributed by atoms with Crippen LogP contribution in [0.1, 0.15) is 27.0 Å². The van der Waals surface area contributed by atoms with Crippen LogP contribution >= 0.6 is 0 Å². The summed E-state index contributed by atoms with van der Waals surface area (Å²) in [5.41, 5.74) is 7.29. The lowest BCUT2D eigenvalue weighted by molar-refractivity contribution is -0.123. The highest BCUT2D eigenvalue weighted by molar-refractivity contribution is 7.89. The molecule has 33 heavy (non-hydrogen) atoms. The number of rotatable bonds is 8. The van der Waals surface area contributed by atoms with Crippen LogP contribution in [0.5, 0.6) is 5.75 Å². The second-order valence-electron chi connectivity index (χ2n) is 7.40. The Morgan fingerprint density at radius 2 is 1.64 bits per heavy atom. The van der Waals surface area contributed by atoms with E-state index in [9.17, 15) is 18.0 Å². The van der Waals surface area contributed by atoms with Crippen molar-refractivity contribution in [1.29, 1.82) is 0 Å². The highest BCUT2D eigenvalue weighted by atomic mass is 32.2. The van der Waals surface area contributed by atoms with Gasteiger partial charge in [-0.1, -0.05) is 48.5 Å². The van der Waals surface area contributed by atoms with E-state index in [1.165, 1.54) is 24.3 Å². The molecule has 2 amide bonds. The van der Waals surface area contributed by atoms with E-state index in [-0.39, 0.29) is 23.6 Å². The van der Waals surface area contributed by atoms with Crippen LogP contribution in [0.15, 0.2) is 77.7 Å². The first-order valence-corrected chi connectivity index (χ1v) is 11.7. The van der Waals surface area contributed by atoms with Crippen molar-refractivity contribution in [3.63, 3.8) is 0 Å². The van der Waals surface area contributed by atoms with Gasteiger partial charge in [-0.25, -0.2) is 13.1 Å². The van der Waals surface area contributed by atoms with Crippen LogP contribution in [0.2, 0.25) is 0 Å². The fourth-order valence-corrected chi connectivity index (χ4v) is 3.97. The minimum Gasteiger partial charge on any atom is -0.483 e. The van der Waals surface area contributed by atoms with Crippen LogP contribution in [-0.4, -0.2) is 26.8 Å². The molecule has 3 N–H and O–H groups in total. The van der Waals surface area contributed by atoms with Crippen molar-refractivity contribution in [2.24, 2.45) is 0 Å². The second-order valence-corrected chi connectivity index (χ2v) is 9.16. The molecule has 0 saturated heterocycles. The van der Waals surface area contributed by atoms with Crippen LogP contribution in [-0.2, 0) is 21.4 Å². The molecule has 0 bridgehead atoms. The van der Waals surface area contributed by atoms with E-state index in [1.807, 2.05) is 50.2 Å². The quantitative estimate of drug-likeness (QED) is 0.441. The van der Waals surface area contributed by atoms with Crippen LogP contribution < -0.4 is 20.3 Å². The standard InChI is InChI=1S/C24H25N3O5S/c1-17-11-12-18(2)22(13-17)32-16-23(28)26-27-24(29)20-9-6-10-21(14-20)33(30,31)25-15-19-7-4-3-5-8-19/h3-14,25H,15-16H2,1-2H3,(H,26,28)(H,27,29). The smallest absolute Gasteiger partial charge is 0.276 e. The Morgan fingerprint density at radius 3 is 2.39 bits per heavy atom. The zero-order chi connectivity index (χ0) is 23.8. The molecule has 3 rings (SSSR count). The van der Waals surface area contributed by atoms with Crippen molar-refractivity contribution in [3.8, 4) is 5.75 Å². The van der Waals surface area contributed by atoms with Gasteiger partial charge in [-0.2, -0.15) is 0 Å². The minimum atomic E-state index is -3.83. The van der Waals surface area contributed by atoms with Gasteiger partial charge in [-0.15, -0.1) is 0 Å². The highest BCUT2D eigenvalue weighted by Gasteiger charge is 2.16. The molecule has 9 heteroatoms. The van der Waals surface area contributed by atoms with Gasteiger partial charge in [0.1, 0.15) is 5.75 Å². The minimum absolute atomic E-state index is 0.0596. The summed E-state index contributed by atoms with van der Waals surface area (Å²) in [5.74, 6) is -0.634. The van der Waals surface area contributed by atoms with E-state index >= 15 is 0 Å². The van der Waals surface area contributed by atoms with Gasteiger partial charge in [-0.05, 0) is 54.8 Å². The number of sulfonamides is 1. The summed E-state index contributed by atoms with van der Waals surface area (Å²) in [5, 5.41) is 0. The molecule has 0 unspecified atom stereocenters. The van der Waals surface area contributed by atoms with E-state index in [0.717, 1.165) is 16.7 Å². The normalized spacial score (nSPS) is 11.0. The largest absolute Gasteiger partial charge is 0.483 e. The molecule has 172 valence electrons. The maximum Gasteiger partial charge on any atom is 0.276 e. The Labute approximate surface area is 193 Å². The topological polar surface area (TPSA) is 114 Å². The molecule has 0 aliphatic carbocycles. The van der Waals surface area contributed by atoms with E-state index in [0.29, 0.717) is 5.75 Å². The van der Waals surface area contributed by atoms with E-state index < -0.39 is 21.8 Å². The Hall–Kier alpha value is -3.69. The molecule has 0 saturated carbocycles. The summed E-state index contributed by atoms with van der Waals surface area (Å²) >= 11 is 0. The zero-order valence-electron chi connectivity index (χ0n) is 18.3. The Kier molecular flexibility index (Phi) is 7.81. The van der Waals surface area contributed by atoms with Crippen molar-refractivity contribution in [2.45, 2.75) is 25.3 Å². The number of amides is 2. The Balaban J connectivity index is 1.55. The van der Waals surface area contributed by atoms with Crippen molar-refractivity contribution in [3.05, 3.63) is 95.1 Å². The monoisotopic (exact) mass is 467 g/mol. The third-order valence-corrected chi connectivity index (χ3v) is 6.13. The van der Waals surface area contributed by atoms with Gasteiger partial charge in [0.15, 0.2) is 6.61 Å². The fraction of sp³-hybridized carbons (Fsp3) is 0.167. The average molecular weight is 468 g/mol. The number of ether oxygens (including phenoxy) is 1. The van der Waals surface area contributed by atoms with Gasteiger partial charge in [0.2, 0.25) is 10.0 Å².